The SMILES string of the molecule is C[C@](O)(c1ccccc1)[C@@H]1O[C@H]1c1ccc(C(F)(F)F)cc1. The van der Waals surface area contributed by atoms with Crippen LogP contribution in [0.15, 0.2) is 54.6 Å². The molecular weight excluding hydrogens is 293 g/mol. The fraction of sp³-hybridized carbons (Fsp3) is 0.294. The number of hydrogen-bond acceptors (Lipinski definition) is 2. The number of halogens is 3. The maximum absolute atomic E-state index is 12.6. The van der Waals surface area contributed by atoms with Gasteiger partial charge in [0.05, 0.1) is 5.56 Å². The van der Waals surface area contributed by atoms with E-state index in [9.17, 15) is 18.3 Å². The Balaban J connectivity index is 1.77. The van der Waals surface area contributed by atoms with Crippen molar-refractivity contribution in [3.8, 4) is 0 Å². The number of ether oxygens (including phenoxy) is 1. The molecule has 2 nitrogen and oxygen atoms in total. The number of alkyl halides is 3. The summed E-state index contributed by atoms with van der Waals surface area (Å²) in [6.45, 7) is 1.65. The van der Waals surface area contributed by atoms with Gasteiger partial charge in [0.2, 0.25) is 0 Å². The molecule has 1 saturated heterocycles. The molecule has 0 aliphatic carbocycles. The highest BCUT2D eigenvalue weighted by Gasteiger charge is 2.53. The van der Waals surface area contributed by atoms with E-state index in [2.05, 4.69) is 0 Å². The van der Waals surface area contributed by atoms with Gasteiger partial charge in [-0.1, -0.05) is 42.5 Å². The zero-order valence-electron chi connectivity index (χ0n) is 11.8. The zero-order valence-corrected chi connectivity index (χ0v) is 11.8. The van der Waals surface area contributed by atoms with E-state index in [0.717, 1.165) is 17.7 Å². The van der Waals surface area contributed by atoms with Gasteiger partial charge in [0, 0.05) is 0 Å². The Morgan fingerprint density at radius 1 is 0.909 bits per heavy atom. The zero-order chi connectivity index (χ0) is 16.0. The van der Waals surface area contributed by atoms with Gasteiger partial charge < -0.3 is 9.84 Å². The maximum atomic E-state index is 12.6. The van der Waals surface area contributed by atoms with Crippen LogP contribution in [0, 0.1) is 0 Å². The second-order valence-corrected chi connectivity index (χ2v) is 5.61. The number of rotatable bonds is 3. The molecule has 3 rings (SSSR count). The molecule has 2 aromatic rings. The van der Waals surface area contributed by atoms with Gasteiger partial charge in [-0.25, -0.2) is 0 Å². The fourth-order valence-electron chi connectivity index (χ4n) is 2.59. The van der Waals surface area contributed by atoms with Gasteiger partial charge in [-0.2, -0.15) is 13.2 Å². The lowest BCUT2D eigenvalue weighted by Crippen LogP contribution is -2.28. The second-order valence-electron chi connectivity index (χ2n) is 5.61. The highest BCUT2D eigenvalue weighted by Crippen LogP contribution is 2.49. The molecule has 0 aromatic heterocycles. The van der Waals surface area contributed by atoms with Crippen molar-refractivity contribution in [1.82, 2.24) is 0 Å². The Labute approximate surface area is 126 Å². The molecule has 1 aliphatic rings. The first-order valence-corrected chi connectivity index (χ1v) is 6.90. The van der Waals surface area contributed by atoms with E-state index < -0.39 is 29.5 Å². The second kappa shape index (κ2) is 5.11. The van der Waals surface area contributed by atoms with Crippen molar-refractivity contribution >= 4 is 0 Å². The number of hydrogen-bond donors (Lipinski definition) is 1. The Morgan fingerprint density at radius 3 is 2.05 bits per heavy atom. The van der Waals surface area contributed by atoms with Crippen LogP contribution in [0.1, 0.15) is 29.7 Å². The highest BCUT2D eigenvalue weighted by atomic mass is 19.4. The molecule has 2 aromatic carbocycles. The summed E-state index contributed by atoms with van der Waals surface area (Å²) in [7, 11) is 0. The molecule has 3 atom stereocenters. The van der Waals surface area contributed by atoms with Crippen molar-refractivity contribution in [2.24, 2.45) is 0 Å². The maximum Gasteiger partial charge on any atom is 0.416 e. The smallest absolute Gasteiger partial charge is 0.383 e. The minimum absolute atomic E-state index is 0.391. The summed E-state index contributed by atoms with van der Waals surface area (Å²) in [6, 6.07) is 13.9. The first-order valence-electron chi connectivity index (χ1n) is 6.90. The predicted octanol–water partition coefficient (Wildman–Crippen LogP) is 4.05. The van der Waals surface area contributed by atoms with Crippen molar-refractivity contribution in [3.05, 3.63) is 71.3 Å². The molecule has 5 heteroatoms. The summed E-state index contributed by atoms with van der Waals surface area (Å²) in [4.78, 5) is 0. The van der Waals surface area contributed by atoms with Crippen LogP contribution in [0.3, 0.4) is 0 Å². The summed E-state index contributed by atoms with van der Waals surface area (Å²) < 4.78 is 43.2. The molecular formula is C17H15F3O2. The minimum Gasteiger partial charge on any atom is -0.383 e. The van der Waals surface area contributed by atoms with Crippen LogP contribution in [-0.2, 0) is 16.5 Å². The predicted molar refractivity (Wildman–Crippen MR) is 75.1 cm³/mol. The molecule has 1 N–H and O–H groups in total. The molecule has 1 fully saturated rings. The molecule has 0 unspecified atom stereocenters. The standard InChI is InChI=1S/C17H15F3O2/c1-16(21,12-5-3-2-4-6-12)15-14(22-15)11-7-9-13(10-8-11)17(18,19)20/h2-10,14-15,21H,1H3/t14-,15+,16-/m0/s1. The summed E-state index contributed by atoms with van der Waals surface area (Å²) in [5, 5.41) is 10.6. The van der Waals surface area contributed by atoms with E-state index in [-0.39, 0.29) is 0 Å². The number of benzene rings is 2. The quantitative estimate of drug-likeness (QED) is 0.868. The topological polar surface area (TPSA) is 32.8 Å². The van der Waals surface area contributed by atoms with Gasteiger partial charge in [-0.15, -0.1) is 0 Å². The molecule has 0 spiro atoms. The lowest BCUT2D eigenvalue weighted by Gasteiger charge is -2.21. The minimum atomic E-state index is -4.35. The number of epoxide rings is 1. The first kappa shape index (κ1) is 15.1. The number of aliphatic hydroxyl groups is 1. The van der Waals surface area contributed by atoms with Crippen molar-refractivity contribution in [3.63, 3.8) is 0 Å². The van der Waals surface area contributed by atoms with Gasteiger partial charge >= 0.3 is 6.18 Å². The third-order valence-corrected chi connectivity index (χ3v) is 3.97. The average Bonchev–Trinajstić information content (AvgIpc) is 3.29. The monoisotopic (exact) mass is 308 g/mol. The van der Waals surface area contributed by atoms with Crippen LogP contribution >= 0.6 is 0 Å². The summed E-state index contributed by atoms with van der Waals surface area (Å²) in [5.74, 6) is 0. The summed E-state index contributed by atoms with van der Waals surface area (Å²) >= 11 is 0. The van der Waals surface area contributed by atoms with Gasteiger partial charge in [0.1, 0.15) is 17.8 Å². The first-order chi connectivity index (χ1) is 10.3. The van der Waals surface area contributed by atoms with Crippen molar-refractivity contribution in [2.75, 3.05) is 0 Å². The van der Waals surface area contributed by atoms with Gasteiger partial charge in [-0.3, -0.25) is 0 Å². The van der Waals surface area contributed by atoms with E-state index in [0.29, 0.717) is 5.56 Å². The van der Waals surface area contributed by atoms with Crippen molar-refractivity contribution in [1.29, 1.82) is 0 Å². The molecule has 1 heterocycles. The van der Waals surface area contributed by atoms with Crippen LogP contribution in [0.2, 0.25) is 0 Å². The molecule has 116 valence electrons. The third-order valence-electron chi connectivity index (χ3n) is 3.97. The normalized spacial score (nSPS) is 23.9. The van der Waals surface area contributed by atoms with E-state index in [4.69, 9.17) is 4.74 Å². The van der Waals surface area contributed by atoms with Crippen LogP contribution < -0.4 is 0 Å². The lowest BCUT2D eigenvalue weighted by molar-refractivity contribution is -0.137. The van der Waals surface area contributed by atoms with E-state index >= 15 is 0 Å². The Hall–Kier alpha value is -1.85. The van der Waals surface area contributed by atoms with Crippen LogP contribution in [0.5, 0.6) is 0 Å². The molecule has 0 amide bonds. The van der Waals surface area contributed by atoms with Crippen LogP contribution in [0.4, 0.5) is 13.2 Å². The average molecular weight is 308 g/mol. The fourth-order valence-corrected chi connectivity index (χ4v) is 2.59. The van der Waals surface area contributed by atoms with E-state index in [1.54, 1.807) is 19.1 Å². The van der Waals surface area contributed by atoms with Crippen molar-refractivity contribution < 1.29 is 23.0 Å². The molecule has 0 bridgehead atoms. The van der Waals surface area contributed by atoms with Gasteiger partial charge in [0.15, 0.2) is 0 Å². The van der Waals surface area contributed by atoms with Crippen LogP contribution in [-0.4, -0.2) is 11.2 Å². The summed E-state index contributed by atoms with van der Waals surface area (Å²) in [5.41, 5.74) is -0.527. The van der Waals surface area contributed by atoms with E-state index in [1.165, 1.54) is 12.1 Å². The Morgan fingerprint density at radius 2 is 1.50 bits per heavy atom. The molecule has 22 heavy (non-hydrogen) atoms. The highest BCUT2D eigenvalue weighted by molar-refractivity contribution is 5.32. The molecule has 0 saturated carbocycles. The Kier molecular flexibility index (Phi) is 3.50. The largest absolute Gasteiger partial charge is 0.416 e. The molecule has 1 aliphatic heterocycles. The third kappa shape index (κ3) is 2.74. The van der Waals surface area contributed by atoms with E-state index in [1.807, 2.05) is 18.2 Å². The van der Waals surface area contributed by atoms with Gasteiger partial charge in [0.25, 0.3) is 0 Å². The Bertz CT molecular complexity index is 648. The molecule has 0 radical (unpaired) electrons. The van der Waals surface area contributed by atoms with Crippen LogP contribution in [0.25, 0.3) is 0 Å². The van der Waals surface area contributed by atoms with Gasteiger partial charge in [-0.05, 0) is 30.2 Å². The lowest BCUT2D eigenvalue weighted by atomic mass is 9.89. The van der Waals surface area contributed by atoms with Crippen molar-refractivity contribution in [2.45, 2.75) is 30.9 Å². The summed E-state index contributed by atoms with van der Waals surface area (Å²) in [6.07, 6.45) is -5.21.